The predicted molar refractivity (Wildman–Crippen MR) is 97.3 cm³/mol. The molecule has 0 saturated heterocycles. The molecule has 0 fully saturated rings. The van der Waals surface area contributed by atoms with Crippen molar-refractivity contribution in [3.05, 3.63) is 26.4 Å². The van der Waals surface area contributed by atoms with Crippen molar-refractivity contribution < 1.29 is 4.79 Å². The number of nitrogens with two attached hydrogens (primary N) is 1. The minimum atomic E-state index is -0.687. The largest absolute Gasteiger partial charge is 0.384 e. The van der Waals surface area contributed by atoms with Gasteiger partial charge in [-0.1, -0.05) is 41.8 Å². The Balaban J connectivity index is 2.31. The van der Waals surface area contributed by atoms with E-state index in [-0.39, 0.29) is 11.4 Å². The van der Waals surface area contributed by atoms with Crippen LogP contribution < -0.4 is 17.0 Å². The second-order valence-corrected chi connectivity index (χ2v) is 8.93. The van der Waals surface area contributed by atoms with E-state index in [1.165, 1.54) is 37.2 Å². The second-order valence-electron chi connectivity index (χ2n) is 4.86. The van der Waals surface area contributed by atoms with Crippen molar-refractivity contribution in [3.8, 4) is 0 Å². The molecule has 24 heavy (non-hydrogen) atoms. The monoisotopic (exact) mass is 387 g/mol. The van der Waals surface area contributed by atoms with Gasteiger partial charge in [-0.25, -0.2) is 4.79 Å². The zero-order valence-electron chi connectivity index (χ0n) is 13.6. The summed E-state index contributed by atoms with van der Waals surface area (Å²) < 4.78 is 3.44. The van der Waals surface area contributed by atoms with Gasteiger partial charge in [-0.15, -0.1) is 10.2 Å². The predicted octanol–water partition coefficient (Wildman–Crippen LogP) is 0.993. The van der Waals surface area contributed by atoms with E-state index in [4.69, 9.17) is 5.73 Å². The van der Waals surface area contributed by atoms with Gasteiger partial charge in [0.2, 0.25) is 0 Å². The van der Waals surface area contributed by atoms with Gasteiger partial charge in [0.05, 0.1) is 5.25 Å². The molecule has 2 aromatic heterocycles. The van der Waals surface area contributed by atoms with Crippen LogP contribution in [0.2, 0.25) is 0 Å². The smallest absolute Gasteiger partial charge is 0.332 e. The number of nitrogens with zero attached hydrogens (tertiary/aromatic N) is 4. The molecule has 0 aromatic carbocycles. The van der Waals surface area contributed by atoms with Crippen molar-refractivity contribution in [2.24, 2.45) is 14.1 Å². The first-order valence-corrected chi connectivity index (χ1v) is 9.68. The Morgan fingerprint density at radius 2 is 1.88 bits per heavy atom. The second kappa shape index (κ2) is 7.53. The molecule has 0 aliphatic rings. The Hall–Kier alpha value is -1.59. The highest BCUT2D eigenvalue weighted by Gasteiger charge is 2.26. The number of carbonyl (C=O) groups is 1. The maximum absolute atomic E-state index is 12.7. The lowest BCUT2D eigenvalue weighted by atomic mass is 10.1. The molecule has 130 valence electrons. The van der Waals surface area contributed by atoms with E-state index in [0.29, 0.717) is 4.34 Å². The number of ketones is 1. The number of aromatic nitrogens is 4. The molecule has 2 aromatic rings. The van der Waals surface area contributed by atoms with Crippen LogP contribution in [0.5, 0.6) is 0 Å². The highest BCUT2D eigenvalue weighted by atomic mass is 32.2. The molecule has 0 amide bonds. The molecule has 0 aliphatic carbocycles. The quantitative estimate of drug-likeness (QED) is 0.577. The fourth-order valence-corrected chi connectivity index (χ4v) is 5.05. The molecule has 2 N–H and O–H groups in total. The van der Waals surface area contributed by atoms with E-state index >= 15 is 0 Å². The van der Waals surface area contributed by atoms with E-state index in [0.717, 1.165) is 19.2 Å². The molecule has 0 saturated carbocycles. The van der Waals surface area contributed by atoms with Gasteiger partial charge < -0.3 is 5.73 Å². The first-order valence-electron chi connectivity index (χ1n) is 7.00. The number of anilines is 1. The van der Waals surface area contributed by atoms with Crippen LogP contribution >= 0.6 is 34.9 Å². The molecule has 8 nitrogen and oxygen atoms in total. The zero-order chi connectivity index (χ0) is 18.0. The van der Waals surface area contributed by atoms with Gasteiger partial charge in [0.1, 0.15) is 11.4 Å². The third-order valence-electron chi connectivity index (χ3n) is 3.26. The number of Topliss-reactive ketones (excluding diaryl/α,β-unsaturated/α-hetero) is 1. The number of hydrogen-bond acceptors (Lipinski definition) is 9. The fourth-order valence-electron chi connectivity index (χ4n) is 1.93. The van der Waals surface area contributed by atoms with E-state index in [1.54, 1.807) is 18.7 Å². The summed E-state index contributed by atoms with van der Waals surface area (Å²) in [6, 6.07) is 0. The summed E-state index contributed by atoms with van der Waals surface area (Å²) in [5.41, 5.74) is 4.39. The third kappa shape index (κ3) is 3.57. The van der Waals surface area contributed by atoms with Crippen molar-refractivity contribution in [1.82, 2.24) is 19.3 Å². The lowest BCUT2D eigenvalue weighted by molar-refractivity contribution is 0.0992. The highest BCUT2D eigenvalue weighted by Crippen LogP contribution is 2.32. The van der Waals surface area contributed by atoms with Crippen LogP contribution in [-0.2, 0) is 14.1 Å². The summed E-state index contributed by atoms with van der Waals surface area (Å²) in [5.74, 6) is 0.326. The van der Waals surface area contributed by atoms with Crippen LogP contribution in [0.3, 0.4) is 0 Å². The van der Waals surface area contributed by atoms with E-state index in [2.05, 4.69) is 10.2 Å². The van der Waals surface area contributed by atoms with Crippen LogP contribution in [0.15, 0.2) is 18.3 Å². The SMILES string of the molecule is CCSc1nnc(SC(C)C(=O)c2c(N)n(C)c(=O)n(C)c2=O)s1. The van der Waals surface area contributed by atoms with E-state index < -0.39 is 22.3 Å². The Labute approximate surface area is 150 Å². The summed E-state index contributed by atoms with van der Waals surface area (Å²) in [6.45, 7) is 3.69. The van der Waals surface area contributed by atoms with Crippen molar-refractivity contribution in [1.29, 1.82) is 0 Å². The summed E-state index contributed by atoms with van der Waals surface area (Å²) >= 11 is 4.19. The topological polar surface area (TPSA) is 113 Å². The van der Waals surface area contributed by atoms with Gasteiger partial charge >= 0.3 is 5.69 Å². The zero-order valence-corrected chi connectivity index (χ0v) is 16.0. The molecule has 2 rings (SSSR count). The van der Waals surface area contributed by atoms with Gasteiger partial charge in [0.15, 0.2) is 14.5 Å². The van der Waals surface area contributed by atoms with Gasteiger partial charge in [0, 0.05) is 14.1 Å². The van der Waals surface area contributed by atoms with Crippen LogP contribution in [0, 0.1) is 0 Å². The number of hydrogen-bond donors (Lipinski definition) is 1. The number of rotatable bonds is 6. The van der Waals surface area contributed by atoms with Crippen LogP contribution in [0.4, 0.5) is 5.82 Å². The molecule has 0 radical (unpaired) electrons. The average Bonchev–Trinajstić information content (AvgIpc) is 2.98. The Kier molecular flexibility index (Phi) is 5.88. The van der Waals surface area contributed by atoms with Crippen LogP contribution in [-0.4, -0.2) is 36.1 Å². The lowest BCUT2D eigenvalue weighted by Gasteiger charge is -2.13. The molecule has 1 atom stereocenters. The van der Waals surface area contributed by atoms with E-state index in [9.17, 15) is 14.4 Å². The molecule has 0 aliphatic heterocycles. The summed E-state index contributed by atoms with van der Waals surface area (Å²) in [7, 11) is 2.74. The standard InChI is InChI=1S/C13H17N5O3S3/c1-5-22-11-15-16-12(24-11)23-6(2)8(19)7-9(14)17(3)13(21)18(4)10(7)20/h6H,5,14H2,1-4H3. The summed E-state index contributed by atoms with van der Waals surface area (Å²) in [5, 5.41) is 7.48. The molecule has 0 spiro atoms. The Morgan fingerprint density at radius 1 is 1.25 bits per heavy atom. The van der Waals surface area contributed by atoms with Crippen molar-refractivity contribution in [2.75, 3.05) is 11.5 Å². The first-order chi connectivity index (χ1) is 11.3. The first kappa shape index (κ1) is 18.7. The molecule has 0 bridgehead atoms. The number of thioether (sulfide) groups is 2. The van der Waals surface area contributed by atoms with Crippen molar-refractivity contribution >= 4 is 46.5 Å². The maximum Gasteiger partial charge on any atom is 0.332 e. The van der Waals surface area contributed by atoms with Crippen LogP contribution in [0.25, 0.3) is 0 Å². The normalized spacial score (nSPS) is 12.3. The number of nitrogen functional groups attached to an aromatic ring is 1. The van der Waals surface area contributed by atoms with Gasteiger partial charge in [0.25, 0.3) is 5.56 Å². The molecule has 1 unspecified atom stereocenters. The fraction of sp³-hybridized carbons (Fsp3) is 0.462. The number of carbonyl (C=O) groups excluding carboxylic acids is 1. The minimum absolute atomic E-state index is 0.125. The maximum atomic E-state index is 12.7. The molecular formula is C13H17N5O3S3. The third-order valence-corrected chi connectivity index (χ3v) is 6.38. The van der Waals surface area contributed by atoms with Gasteiger partial charge in [-0.2, -0.15) is 0 Å². The molecule has 11 heteroatoms. The summed E-state index contributed by atoms with van der Waals surface area (Å²) in [4.78, 5) is 36.7. The van der Waals surface area contributed by atoms with Gasteiger partial charge in [-0.3, -0.25) is 18.7 Å². The van der Waals surface area contributed by atoms with Crippen LogP contribution in [0.1, 0.15) is 24.2 Å². The highest BCUT2D eigenvalue weighted by molar-refractivity contribution is 8.03. The minimum Gasteiger partial charge on any atom is -0.384 e. The Morgan fingerprint density at radius 3 is 2.50 bits per heavy atom. The summed E-state index contributed by atoms with van der Waals surface area (Å²) in [6.07, 6.45) is 0. The molecular weight excluding hydrogens is 370 g/mol. The molecule has 2 heterocycles. The van der Waals surface area contributed by atoms with Gasteiger partial charge in [-0.05, 0) is 12.7 Å². The Bertz CT molecular complexity index is 886. The van der Waals surface area contributed by atoms with E-state index in [1.807, 2.05) is 6.92 Å². The average molecular weight is 388 g/mol. The lowest BCUT2D eigenvalue weighted by Crippen LogP contribution is -2.42. The van der Waals surface area contributed by atoms with Crippen molar-refractivity contribution in [3.63, 3.8) is 0 Å². The van der Waals surface area contributed by atoms with Crippen molar-refractivity contribution in [2.45, 2.75) is 27.8 Å².